The van der Waals surface area contributed by atoms with Gasteiger partial charge in [-0.1, -0.05) is 40.5 Å². The first kappa shape index (κ1) is 17.6. The summed E-state index contributed by atoms with van der Waals surface area (Å²) >= 11 is 0. The molecular weight excluding hydrogens is 272 g/mol. The topological polar surface area (TPSA) is 20.3 Å². The first-order valence-electron chi connectivity index (χ1n) is 7.52. The minimum Gasteiger partial charge on any atom is -0.309 e. The maximum atomic E-state index is 14.0. The van der Waals surface area contributed by atoms with Crippen LogP contribution in [0.4, 0.5) is 14.5 Å². The third kappa shape index (κ3) is 4.51. The molecule has 0 unspecified atom stereocenters. The average Bonchev–Trinajstić information content (AvgIpc) is 2.40. The Morgan fingerprint density at radius 2 is 1.90 bits per heavy atom. The standard InChI is InChI=1S/C17H24F2NO/c1-5-7-11-20(16(21)17(3,4)10-6-2)15-9-8-13(18)12-14(15)19/h8-9H,5-7,10-11H2,1-4H3. The molecule has 1 radical (unpaired) electrons. The second kappa shape index (κ2) is 7.53. The van der Waals surface area contributed by atoms with E-state index in [2.05, 4.69) is 0 Å². The van der Waals surface area contributed by atoms with Crippen LogP contribution in [0.15, 0.2) is 12.1 Å². The van der Waals surface area contributed by atoms with Gasteiger partial charge >= 0.3 is 0 Å². The first-order valence-corrected chi connectivity index (χ1v) is 7.52. The Balaban J connectivity index is 3.13. The fourth-order valence-corrected chi connectivity index (χ4v) is 2.39. The number of carbonyl (C=O) groups excluding carboxylic acids is 1. The van der Waals surface area contributed by atoms with Gasteiger partial charge in [-0.2, -0.15) is 0 Å². The highest BCUT2D eigenvalue weighted by atomic mass is 19.1. The molecule has 1 aromatic rings. The highest BCUT2D eigenvalue weighted by Gasteiger charge is 2.32. The summed E-state index contributed by atoms with van der Waals surface area (Å²) in [5, 5.41) is 0. The lowest BCUT2D eigenvalue weighted by molar-refractivity contribution is -0.127. The summed E-state index contributed by atoms with van der Waals surface area (Å²) < 4.78 is 27.0. The lowest BCUT2D eigenvalue weighted by Crippen LogP contribution is -2.42. The molecule has 0 N–H and O–H groups in total. The molecule has 0 saturated carbocycles. The molecule has 1 amide bonds. The van der Waals surface area contributed by atoms with Crippen molar-refractivity contribution in [3.8, 4) is 0 Å². The lowest BCUT2D eigenvalue weighted by atomic mass is 9.86. The number of halogens is 2. The molecular formula is C17H24F2NO. The van der Waals surface area contributed by atoms with E-state index in [1.807, 2.05) is 33.8 Å². The predicted molar refractivity (Wildman–Crippen MR) is 81.1 cm³/mol. The monoisotopic (exact) mass is 296 g/mol. The zero-order chi connectivity index (χ0) is 16.0. The molecule has 0 aliphatic rings. The molecule has 21 heavy (non-hydrogen) atoms. The maximum Gasteiger partial charge on any atom is 0.232 e. The number of rotatable bonds is 7. The molecule has 0 atom stereocenters. The van der Waals surface area contributed by atoms with E-state index in [1.54, 1.807) is 0 Å². The van der Waals surface area contributed by atoms with Crippen molar-refractivity contribution in [2.75, 3.05) is 11.4 Å². The minimum atomic E-state index is -0.813. The van der Waals surface area contributed by atoms with Gasteiger partial charge < -0.3 is 4.90 Å². The van der Waals surface area contributed by atoms with Crippen molar-refractivity contribution in [1.82, 2.24) is 0 Å². The molecule has 0 heterocycles. The molecule has 0 aromatic heterocycles. The normalized spacial score (nSPS) is 11.5. The molecule has 4 heteroatoms. The van der Waals surface area contributed by atoms with Crippen LogP contribution in [-0.2, 0) is 4.79 Å². The van der Waals surface area contributed by atoms with Crippen LogP contribution in [-0.4, -0.2) is 12.5 Å². The third-order valence-electron chi connectivity index (χ3n) is 3.57. The molecule has 2 nitrogen and oxygen atoms in total. The van der Waals surface area contributed by atoms with Crippen molar-refractivity contribution in [2.45, 2.75) is 53.4 Å². The van der Waals surface area contributed by atoms with Crippen molar-refractivity contribution >= 4 is 11.6 Å². The van der Waals surface area contributed by atoms with Gasteiger partial charge in [0.1, 0.15) is 5.82 Å². The maximum absolute atomic E-state index is 14.0. The molecule has 0 spiro atoms. The van der Waals surface area contributed by atoms with Crippen LogP contribution in [0.1, 0.15) is 53.4 Å². The van der Waals surface area contributed by atoms with Gasteiger partial charge in [-0.25, -0.2) is 8.78 Å². The van der Waals surface area contributed by atoms with Crippen molar-refractivity contribution in [1.29, 1.82) is 0 Å². The number of unbranched alkanes of at least 4 members (excludes halogenated alkanes) is 1. The van der Waals surface area contributed by atoms with Gasteiger partial charge in [0.25, 0.3) is 0 Å². The second-order valence-electron chi connectivity index (χ2n) is 5.95. The van der Waals surface area contributed by atoms with Gasteiger partial charge in [0.2, 0.25) is 5.91 Å². The fourth-order valence-electron chi connectivity index (χ4n) is 2.39. The molecule has 0 fully saturated rings. The van der Waals surface area contributed by atoms with E-state index in [4.69, 9.17) is 0 Å². The van der Waals surface area contributed by atoms with Gasteiger partial charge in [-0.3, -0.25) is 4.79 Å². The zero-order valence-corrected chi connectivity index (χ0v) is 13.3. The van der Waals surface area contributed by atoms with Gasteiger partial charge in [0.05, 0.1) is 11.8 Å². The van der Waals surface area contributed by atoms with Crippen LogP contribution in [0.3, 0.4) is 0 Å². The summed E-state index contributed by atoms with van der Waals surface area (Å²) in [6, 6.07) is 4.46. The third-order valence-corrected chi connectivity index (χ3v) is 3.57. The Morgan fingerprint density at radius 1 is 1.24 bits per heavy atom. The summed E-state index contributed by atoms with van der Waals surface area (Å²) in [5.74, 6) is -1.70. The van der Waals surface area contributed by atoms with Crippen LogP contribution in [0.5, 0.6) is 0 Å². The van der Waals surface area contributed by atoms with Crippen LogP contribution in [0.2, 0.25) is 0 Å². The SMILES string of the molecule is CCCCN(C(=O)C(C)(C)CCC)c1ccc(F)[c]c1F. The number of benzene rings is 1. The Kier molecular flexibility index (Phi) is 6.31. The Labute approximate surface area is 126 Å². The van der Waals surface area contributed by atoms with Crippen molar-refractivity contribution in [3.05, 3.63) is 29.8 Å². The van der Waals surface area contributed by atoms with Crippen LogP contribution >= 0.6 is 0 Å². The van der Waals surface area contributed by atoms with Crippen molar-refractivity contribution in [3.63, 3.8) is 0 Å². The highest BCUT2D eigenvalue weighted by Crippen LogP contribution is 2.30. The summed E-state index contributed by atoms with van der Waals surface area (Å²) in [5.41, 5.74) is -0.456. The second-order valence-corrected chi connectivity index (χ2v) is 5.95. The lowest BCUT2D eigenvalue weighted by Gasteiger charge is -2.32. The summed E-state index contributed by atoms with van der Waals surface area (Å²) in [7, 11) is 0. The van der Waals surface area contributed by atoms with E-state index in [-0.39, 0.29) is 11.6 Å². The fraction of sp³-hybridized carbons (Fsp3) is 0.588. The molecule has 1 rings (SSSR count). The van der Waals surface area contributed by atoms with E-state index in [0.717, 1.165) is 31.7 Å². The van der Waals surface area contributed by atoms with E-state index < -0.39 is 17.0 Å². The van der Waals surface area contributed by atoms with Gasteiger partial charge in [-0.05, 0) is 25.0 Å². The van der Waals surface area contributed by atoms with E-state index in [9.17, 15) is 13.6 Å². The van der Waals surface area contributed by atoms with Crippen LogP contribution < -0.4 is 4.90 Å². The average molecular weight is 296 g/mol. The molecule has 0 saturated heterocycles. The largest absolute Gasteiger partial charge is 0.309 e. The summed E-state index contributed by atoms with van der Waals surface area (Å²) in [6.45, 7) is 8.18. The molecule has 0 bridgehead atoms. The van der Waals surface area contributed by atoms with Gasteiger partial charge in [-0.15, -0.1) is 0 Å². The Morgan fingerprint density at radius 3 is 2.43 bits per heavy atom. The number of carbonyl (C=O) groups is 1. The number of hydrogen-bond acceptors (Lipinski definition) is 1. The number of hydrogen-bond donors (Lipinski definition) is 0. The van der Waals surface area contributed by atoms with E-state index >= 15 is 0 Å². The molecule has 0 aliphatic carbocycles. The Hall–Kier alpha value is -1.45. The molecule has 0 aliphatic heterocycles. The number of amides is 1. The van der Waals surface area contributed by atoms with Crippen LogP contribution in [0.25, 0.3) is 0 Å². The quantitative estimate of drug-likeness (QED) is 0.712. The highest BCUT2D eigenvalue weighted by molar-refractivity contribution is 5.97. The summed E-state index contributed by atoms with van der Waals surface area (Å²) in [6.07, 6.45) is 3.26. The van der Waals surface area contributed by atoms with E-state index in [1.165, 1.54) is 11.0 Å². The van der Waals surface area contributed by atoms with Gasteiger partial charge in [0.15, 0.2) is 5.82 Å². The van der Waals surface area contributed by atoms with Crippen LogP contribution in [0, 0.1) is 23.1 Å². The minimum absolute atomic E-state index is 0.110. The summed E-state index contributed by atoms with van der Waals surface area (Å²) in [4.78, 5) is 14.2. The predicted octanol–water partition coefficient (Wildman–Crippen LogP) is 4.72. The smallest absolute Gasteiger partial charge is 0.232 e. The van der Waals surface area contributed by atoms with Crippen molar-refractivity contribution < 1.29 is 13.6 Å². The van der Waals surface area contributed by atoms with E-state index in [0.29, 0.717) is 6.54 Å². The zero-order valence-electron chi connectivity index (χ0n) is 13.3. The number of anilines is 1. The molecule has 1 aromatic carbocycles. The Bertz CT molecular complexity index is 486. The first-order chi connectivity index (χ1) is 9.83. The number of nitrogens with zero attached hydrogens (tertiary/aromatic N) is 1. The van der Waals surface area contributed by atoms with Crippen molar-refractivity contribution in [2.24, 2.45) is 5.41 Å². The van der Waals surface area contributed by atoms with Gasteiger partial charge in [0, 0.05) is 12.0 Å². The molecule has 117 valence electrons.